The zero-order valence-corrected chi connectivity index (χ0v) is 17.3. The Hall–Kier alpha value is -2.23. The second-order valence-corrected chi connectivity index (χ2v) is 8.58. The quantitative estimate of drug-likeness (QED) is 0.694. The van der Waals surface area contributed by atoms with Gasteiger partial charge in [-0.05, 0) is 31.4 Å². The number of nitrogens with one attached hydrogen (secondary N) is 1. The molecule has 1 spiro atoms. The number of alkyl halides is 2. The molecule has 2 saturated heterocycles. The largest absolute Gasteiger partial charge is 0.374 e. The Morgan fingerprint density at radius 3 is 2.61 bits per heavy atom. The third-order valence-corrected chi connectivity index (χ3v) is 6.43. The average Bonchev–Trinajstić information content (AvgIpc) is 3.08. The van der Waals surface area contributed by atoms with Crippen molar-refractivity contribution >= 4 is 23.2 Å². The highest BCUT2D eigenvalue weighted by molar-refractivity contribution is 6.28. The number of Topliss-reactive ketones (excluding diaryl/α,β-unsaturated/α-hetero) is 1. The van der Waals surface area contributed by atoms with Crippen LogP contribution in [0.1, 0.15) is 41.8 Å². The summed E-state index contributed by atoms with van der Waals surface area (Å²) in [5.74, 6) is -0.602. The first-order chi connectivity index (χ1) is 14.8. The second kappa shape index (κ2) is 7.43. The van der Waals surface area contributed by atoms with Gasteiger partial charge in [-0.2, -0.15) is 0 Å². The molecule has 3 aliphatic rings. The summed E-state index contributed by atoms with van der Waals surface area (Å²) in [5, 5.41) is 3.10. The van der Waals surface area contributed by atoms with E-state index < -0.39 is 35.6 Å². The standard InChI is InChI=1S/C21H19ClF3N3O3/c1-9(11-3-2-4-12(15(11)23)18(24)25)26-19-13-5-10(6-14(13)27-20(22)28-19)16-17(29)21(31-16)7-30-8-21/h2-4,9-10,16,18H,5-8H2,1H3,(H,26,27,28)/t9-,10?,16-/m1/s1. The smallest absolute Gasteiger partial charge is 0.266 e. The Morgan fingerprint density at radius 1 is 1.23 bits per heavy atom. The number of carbonyl (C=O) groups is 1. The minimum absolute atomic E-state index is 0.0145. The van der Waals surface area contributed by atoms with Gasteiger partial charge in [0.1, 0.15) is 17.7 Å². The molecule has 0 amide bonds. The van der Waals surface area contributed by atoms with E-state index in [1.54, 1.807) is 6.92 Å². The summed E-state index contributed by atoms with van der Waals surface area (Å²) in [6.07, 6.45) is -2.44. The molecule has 1 aromatic heterocycles. The summed E-state index contributed by atoms with van der Waals surface area (Å²) in [6, 6.07) is 3.26. The van der Waals surface area contributed by atoms with E-state index in [4.69, 9.17) is 21.1 Å². The molecule has 164 valence electrons. The number of carbonyl (C=O) groups excluding carboxylic acids is 1. The molecule has 0 bridgehead atoms. The highest BCUT2D eigenvalue weighted by Gasteiger charge is 2.62. The molecule has 3 atom stereocenters. The fraction of sp³-hybridized carbons (Fsp3) is 0.476. The normalized spacial score (nSPS) is 24.6. The minimum atomic E-state index is -2.91. The summed E-state index contributed by atoms with van der Waals surface area (Å²) in [4.78, 5) is 21.1. The maximum Gasteiger partial charge on any atom is 0.266 e. The molecule has 5 rings (SSSR count). The van der Waals surface area contributed by atoms with Crippen LogP contribution in [0.5, 0.6) is 0 Å². The Labute approximate surface area is 181 Å². The lowest BCUT2D eigenvalue weighted by molar-refractivity contribution is -0.277. The van der Waals surface area contributed by atoms with E-state index >= 15 is 0 Å². The third-order valence-electron chi connectivity index (χ3n) is 6.26. The molecule has 1 aromatic carbocycles. The van der Waals surface area contributed by atoms with Crippen molar-refractivity contribution in [2.75, 3.05) is 18.5 Å². The van der Waals surface area contributed by atoms with Crippen molar-refractivity contribution in [2.24, 2.45) is 5.92 Å². The highest BCUT2D eigenvalue weighted by atomic mass is 35.5. The average molecular weight is 454 g/mol. The van der Waals surface area contributed by atoms with E-state index in [1.165, 1.54) is 12.1 Å². The van der Waals surface area contributed by atoms with E-state index in [0.29, 0.717) is 37.6 Å². The van der Waals surface area contributed by atoms with E-state index in [-0.39, 0.29) is 22.5 Å². The van der Waals surface area contributed by atoms with Gasteiger partial charge in [-0.3, -0.25) is 4.79 Å². The number of ketones is 1. The molecule has 1 N–H and O–H groups in total. The van der Waals surface area contributed by atoms with Crippen LogP contribution in [0.15, 0.2) is 18.2 Å². The van der Waals surface area contributed by atoms with Gasteiger partial charge in [0.2, 0.25) is 5.28 Å². The van der Waals surface area contributed by atoms with Crippen LogP contribution < -0.4 is 5.32 Å². The number of ether oxygens (including phenoxy) is 2. The van der Waals surface area contributed by atoms with Crippen LogP contribution in [-0.4, -0.2) is 40.7 Å². The van der Waals surface area contributed by atoms with Gasteiger partial charge >= 0.3 is 0 Å². The number of anilines is 1. The van der Waals surface area contributed by atoms with Crippen LogP contribution in [0.3, 0.4) is 0 Å². The zero-order valence-electron chi connectivity index (χ0n) is 16.5. The fourth-order valence-corrected chi connectivity index (χ4v) is 4.70. The molecule has 1 aliphatic carbocycles. The first-order valence-electron chi connectivity index (χ1n) is 9.97. The molecule has 10 heteroatoms. The van der Waals surface area contributed by atoms with Crippen molar-refractivity contribution in [1.82, 2.24) is 9.97 Å². The molecular formula is C21H19ClF3N3O3. The van der Waals surface area contributed by atoms with Gasteiger partial charge in [0.05, 0.1) is 30.5 Å². The van der Waals surface area contributed by atoms with Crippen LogP contribution in [0.4, 0.5) is 19.0 Å². The summed E-state index contributed by atoms with van der Waals surface area (Å²) < 4.78 is 51.6. The summed E-state index contributed by atoms with van der Waals surface area (Å²) in [7, 11) is 0. The lowest BCUT2D eigenvalue weighted by Crippen LogP contribution is -2.73. The third kappa shape index (κ3) is 3.30. The minimum Gasteiger partial charge on any atom is -0.374 e. The van der Waals surface area contributed by atoms with Crippen LogP contribution in [-0.2, 0) is 27.1 Å². The Balaban J connectivity index is 1.37. The van der Waals surface area contributed by atoms with Gasteiger partial charge in [0.25, 0.3) is 6.43 Å². The van der Waals surface area contributed by atoms with Crippen molar-refractivity contribution in [1.29, 1.82) is 0 Å². The Bertz CT molecular complexity index is 1060. The van der Waals surface area contributed by atoms with Crippen molar-refractivity contribution in [3.05, 3.63) is 51.7 Å². The van der Waals surface area contributed by atoms with Crippen molar-refractivity contribution < 1.29 is 27.4 Å². The molecule has 1 unspecified atom stereocenters. The van der Waals surface area contributed by atoms with Crippen LogP contribution in [0, 0.1) is 11.7 Å². The number of benzene rings is 1. The Kier molecular flexibility index (Phi) is 4.95. The fourth-order valence-electron chi connectivity index (χ4n) is 4.52. The van der Waals surface area contributed by atoms with Gasteiger partial charge in [0, 0.05) is 17.0 Å². The molecule has 31 heavy (non-hydrogen) atoms. The maximum absolute atomic E-state index is 14.6. The number of fused-ring (bicyclic) bond motifs is 1. The van der Waals surface area contributed by atoms with Crippen molar-refractivity contribution in [3.63, 3.8) is 0 Å². The Morgan fingerprint density at radius 2 is 1.97 bits per heavy atom. The summed E-state index contributed by atoms with van der Waals surface area (Å²) >= 11 is 6.09. The molecular weight excluding hydrogens is 435 g/mol. The summed E-state index contributed by atoms with van der Waals surface area (Å²) in [5.41, 5.74) is 0.149. The predicted octanol–water partition coefficient (Wildman–Crippen LogP) is 3.83. The van der Waals surface area contributed by atoms with Gasteiger partial charge in [0.15, 0.2) is 11.4 Å². The molecule has 2 aromatic rings. The van der Waals surface area contributed by atoms with Gasteiger partial charge in [-0.15, -0.1) is 0 Å². The van der Waals surface area contributed by atoms with E-state index in [0.717, 1.165) is 11.6 Å². The van der Waals surface area contributed by atoms with Gasteiger partial charge in [-0.25, -0.2) is 23.1 Å². The monoisotopic (exact) mass is 453 g/mol. The van der Waals surface area contributed by atoms with Crippen molar-refractivity contribution in [2.45, 2.75) is 43.9 Å². The molecule has 6 nitrogen and oxygen atoms in total. The number of halogens is 4. The number of aromatic nitrogens is 2. The topological polar surface area (TPSA) is 73.3 Å². The molecule has 2 fully saturated rings. The molecule has 0 radical (unpaired) electrons. The van der Waals surface area contributed by atoms with Crippen LogP contribution in [0.2, 0.25) is 5.28 Å². The number of nitrogens with zero attached hydrogens (tertiary/aromatic N) is 2. The summed E-state index contributed by atoms with van der Waals surface area (Å²) in [6.45, 7) is 2.24. The first-order valence-corrected chi connectivity index (χ1v) is 10.3. The van der Waals surface area contributed by atoms with Crippen molar-refractivity contribution in [3.8, 4) is 0 Å². The first kappa shape index (κ1) is 20.7. The maximum atomic E-state index is 14.6. The van der Waals surface area contributed by atoms with E-state index in [9.17, 15) is 18.0 Å². The lowest BCUT2D eigenvalue weighted by atomic mass is 9.79. The second-order valence-electron chi connectivity index (χ2n) is 8.24. The number of hydrogen-bond donors (Lipinski definition) is 1. The zero-order chi connectivity index (χ0) is 21.9. The SMILES string of the molecule is C[C@@H](Nc1nc(Cl)nc2c1CC([C@H]1OC3(COC3)C1=O)C2)c1cccc(C(F)F)c1F. The number of hydrogen-bond acceptors (Lipinski definition) is 6. The van der Waals surface area contributed by atoms with Crippen LogP contribution in [0.25, 0.3) is 0 Å². The highest BCUT2D eigenvalue weighted by Crippen LogP contribution is 2.44. The van der Waals surface area contributed by atoms with E-state index in [2.05, 4.69) is 15.3 Å². The molecule has 0 saturated carbocycles. The van der Waals surface area contributed by atoms with E-state index in [1.807, 2.05) is 0 Å². The number of rotatable bonds is 5. The van der Waals surface area contributed by atoms with Crippen LogP contribution >= 0.6 is 11.6 Å². The predicted molar refractivity (Wildman–Crippen MR) is 105 cm³/mol. The lowest BCUT2D eigenvalue weighted by Gasteiger charge is -2.52. The molecule has 2 aliphatic heterocycles. The van der Waals surface area contributed by atoms with Gasteiger partial charge < -0.3 is 14.8 Å². The van der Waals surface area contributed by atoms with Gasteiger partial charge in [-0.1, -0.05) is 18.2 Å². The molecule has 3 heterocycles.